The predicted molar refractivity (Wildman–Crippen MR) is 132 cm³/mol. The van der Waals surface area contributed by atoms with Crippen LogP contribution in [0.3, 0.4) is 0 Å². The third-order valence-corrected chi connectivity index (χ3v) is 5.99. The number of hydrogen-bond acceptors (Lipinski definition) is 9. The van der Waals surface area contributed by atoms with Crippen LogP contribution in [-0.4, -0.2) is 37.8 Å². The zero-order valence-corrected chi connectivity index (χ0v) is 20.3. The number of carbonyl (C=O) groups is 2. The third kappa shape index (κ3) is 4.51. The Morgan fingerprint density at radius 3 is 2.50 bits per heavy atom. The molecule has 9 heteroatoms. The number of carbonyl (C=O) groups excluding carboxylic acids is 2. The maximum Gasteiger partial charge on any atom is 0.340 e. The number of rotatable bonds is 8. The van der Waals surface area contributed by atoms with E-state index in [-0.39, 0.29) is 33.7 Å². The molecule has 2 aromatic carbocycles. The summed E-state index contributed by atoms with van der Waals surface area (Å²) in [6.45, 7) is 2.53. The van der Waals surface area contributed by atoms with E-state index in [2.05, 4.69) is 12.2 Å². The molecule has 4 rings (SSSR count). The molecule has 36 heavy (non-hydrogen) atoms. The molecule has 0 spiro atoms. The van der Waals surface area contributed by atoms with Gasteiger partial charge in [-0.25, -0.2) is 4.79 Å². The van der Waals surface area contributed by atoms with Crippen LogP contribution >= 0.6 is 0 Å². The van der Waals surface area contributed by atoms with E-state index in [0.29, 0.717) is 17.9 Å². The molecular formula is C27H27NO8. The molecule has 3 aromatic rings. The van der Waals surface area contributed by atoms with Crippen LogP contribution in [0.5, 0.6) is 11.5 Å². The van der Waals surface area contributed by atoms with Crippen LogP contribution in [0.2, 0.25) is 0 Å². The van der Waals surface area contributed by atoms with Gasteiger partial charge in [-0.1, -0.05) is 50.1 Å². The highest BCUT2D eigenvalue weighted by Gasteiger charge is 2.43. The number of esters is 2. The average molecular weight is 494 g/mol. The molecule has 0 saturated heterocycles. The summed E-state index contributed by atoms with van der Waals surface area (Å²) in [6, 6.07) is 11.7. The van der Waals surface area contributed by atoms with E-state index in [0.717, 1.165) is 19.3 Å². The molecule has 1 aromatic heterocycles. The van der Waals surface area contributed by atoms with Gasteiger partial charge in [-0.3, -0.25) is 9.59 Å². The Kier molecular flexibility index (Phi) is 7.28. The second kappa shape index (κ2) is 10.6. The number of benzene rings is 2. The highest BCUT2D eigenvalue weighted by atomic mass is 16.5. The summed E-state index contributed by atoms with van der Waals surface area (Å²) in [5.74, 6) is -3.21. The zero-order valence-electron chi connectivity index (χ0n) is 20.3. The lowest BCUT2D eigenvalue weighted by molar-refractivity contribution is -0.145. The van der Waals surface area contributed by atoms with Gasteiger partial charge in [0, 0.05) is 24.2 Å². The Bertz CT molecular complexity index is 1390. The van der Waals surface area contributed by atoms with Crippen LogP contribution in [0, 0.1) is 0 Å². The predicted octanol–water partition coefficient (Wildman–Crippen LogP) is 3.98. The maximum absolute atomic E-state index is 13.1. The van der Waals surface area contributed by atoms with Crippen LogP contribution < -0.4 is 15.5 Å². The minimum Gasteiger partial charge on any atom is -0.507 e. The van der Waals surface area contributed by atoms with Crippen molar-refractivity contribution in [3.05, 3.63) is 69.7 Å². The van der Waals surface area contributed by atoms with Gasteiger partial charge in [-0.05, 0) is 6.42 Å². The summed E-state index contributed by atoms with van der Waals surface area (Å²) in [6.07, 6.45) is 2.73. The molecule has 0 saturated carbocycles. The monoisotopic (exact) mass is 493 g/mol. The van der Waals surface area contributed by atoms with Crippen molar-refractivity contribution in [2.75, 3.05) is 20.8 Å². The first-order valence-electron chi connectivity index (χ1n) is 11.6. The molecule has 1 aliphatic rings. The van der Waals surface area contributed by atoms with Gasteiger partial charge in [0.15, 0.2) is 5.43 Å². The number of phenols is 1. The highest BCUT2D eigenvalue weighted by Crippen LogP contribution is 2.47. The summed E-state index contributed by atoms with van der Waals surface area (Å²) >= 11 is 0. The van der Waals surface area contributed by atoms with Crippen LogP contribution in [0.4, 0.5) is 0 Å². The fourth-order valence-corrected chi connectivity index (χ4v) is 4.23. The van der Waals surface area contributed by atoms with Crippen molar-refractivity contribution in [2.45, 2.75) is 32.1 Å². The standard InChI is InChI=1S/C27H27NO8/c1-4-5-9-12-28-25-23(27(32)34-3)22(26(31)33-2)21-19(36-25)14-18-20(24(21)30)16(29)13-17(35-18)15-10-7-6-8-11-15/h6-8,10-11,13-14,22,28,30H,4-5,9,12H2,1-3H3. The lowest BCUT2D eigenvalue weighted by Gasteiger charge is -2.29. The van der Waals surface area contributed by atoms with E-state index in [1.807, 2.05) is 18.2 Å². The van der Waals surface area contributed by atoms with Gasteiger partial charge in [0.05, 0.1) is 19.8 Å². The van der Waals surface area contributed by atoms with Crippen molar-refractivity contribution in [3.8, 4) is 22.8 Å². The first kappa shape index (κ1) is 24.8. The summed E-state index contributed by atoms with van der Waals surface area (Å²) < 4.78 is 21.8. The first-order valence-corrected chi connectivity index (χ1v) is 11.6. The van der Waals surface area contributed by atoms with Crippen molar-refractivity contribution in [2.24, 2.45) is 0 Å². The normalized spacial score (nSPS) is 14.7. The Morgan fingerprint density at radius 1 is 1.08 bits per heavy atom. The summed E-state index contributed by atoms with van der Waals surface area (Å²) in [7, 11) is 2.34. The van der Waals surface area contributed by atoms with Crippen molar-refractivity contribution in [1.29, 1.82) is 0 Å². The van der Waals surface area contributed by atoms with Gasteiger partial charge in [-0.15, -0.1) is 0 Å². The quantitative estimate of drug-likeness (QED) is 0.354. The van der Waals surface area contributed by atoms with E-state index in [1.165, 1.54) is 26.4 Å². The first-order chi connectivity index (χ1) is 17.4. The minimum atomic E-state index is -1.39. The molecule has 1 aliphatic heterocycles. The van der Waals surface area contributed by atoms with E-state index >= 15 is 0 Å². The molecule has 1 unspecified atom stereocenters. The van der Waals surface area contributed by atoms with E-state index in [9.17, 15) is 19.5 Å². The summed E-state index contributed by atoms with van der Waals surface area (Å²) in [4.78, 5) is 38.8. The molecule has 0 fully saturated rings. The van der Waals surface area contributed by atoms with Gasteiger partial charge in [0.2, 0.25) is 5.88 Å². The number of aromatic hydroxyl groups is 1. The largest absolute Gasteiger partial charge is 0.507 e. The topological polar surface area (TPSA) is 124 Å². The van der Waals surface area contributed by atoms with Crippen molar-refractivity contribution < 1.29 is 33.3 Å². The van der Waals surface area contributed by atoms with Gasteiger partial charge < -0.3 is 29.1 Å². The fourth-order valence-electron chi connectivity index (χ4n) is 4.23. The number of methoxy groups -OCH3 is 2. The Balaban J connectivity index is 1.92. The van der Waals surface area contributed by atoms with Crippen molar-refractivity contribution in [3.63, 3.8) is 0 Å². The number of hydrogen-bond donors (Lipinski definition) is 2. The summed E-state index contributed by atoms with van der Waals surface area (Å²) in [5, 5.41) is 14.1. The van der Waals surface area contributed by atoms with Gasteiger partial charge in [-0.2, -0.15) is 0 Å². The molecule has 2 heterocycles. The zero-order chi connectivity index (χ0) is 25.8. The second-order valence-corrected chi connectivity index (χ2v) is 8.28. The van der Waals surface area contributed by atoms with Crippen molar-refractivity contribution in [1.82, 2.24) is 5.32 Å². The van der Waals surface area contributed by atoms with E-state index in [4.69, 9.17) is 18.6 Å². The van der Waals surface area contributed by atoms with Crippen LogP contribution in [0.25, 0.3) is 22.3 Å². The lowest BCUT2D eigenvalue weighted by Crippen LogP contribution is -2.34. The molecule has 0 radical (unpaired) electrons. The van der Waals surface area contributed by atoms with E-state index < -0.39 is 29.0 Å². The highest BCUT2D eigenvalue weighted by molar-refractivity contribution is 6.02. The second-order valence-electron chi connectivity index (χ2n) is 8.28. The molecule has 0 aliphatic carbocycles. The lowest BCUT2D eigenvalue weighted by atomic mass is 9.86. The van der Waals surface area contributed by atoms with Gasteiger partial charge in [0.25, 0.3) is 0 Å². The number of fused-ring (bicyclic) bond motifs is 2. The van der Waals surface area contributed by atoms with E-state index in [1.54, 1.807) is 12.1 Å². The molecule has 1 atom stereocenters. The van der Waals surface area contributed by atoms with Crippen molar-refractivity contribution >= 4 is 22.9 Å². The number of phenolic OH excluding ortho intramolecular Hbond substituents is 1. The van der Waals surface area contributed by atoms with Gasteiger partial charge >= 0.3 is 11.9 Å². The Hall–Kier alpha value is -4.27. The molecular weight excluding hydrogens is 466 g/mol. The van der Waals surface area contributed by atoms with Crippen LogP contribution in [0.15, 0.2) is 63.1 Å². The average Bonchev–Trinajstić information content (AvgIpc) is 2.89. The SMILES string of the molecule is CCCCCNC1=C(C(=O)OC)C(C(=O)OC)c2c(cc3oc(-c4ccccc4)cc(=O)c3c2O)O1. The Morgan fingerprint density at radius 2 is 1.83 bits per heavy atom. The molecule has 188 valence electrons. The number of nitrogens with one attached hydrogen (secondary N) is 1. The maximum atomic E-state index is 13.1. The third-order valence-electron chi connectivity index (χ3n) is 5.99. The molecule has 0 bridgehead atoms. The van der Waals surface area contributed by atoms with Gasteiger partial charge in [0.1, 0.15) is 39.7 Å². The number of ether oxygens (including phenoxy) is 3. The van der Waals surface area contributed by atoms with Crippen LogP contribution in [0.1, 0.15) is 37.7 Å². The minimum absolute atomic E-state index is 0.0150. The molecule has 2 N–H and O–H groups in total. The number of unbranched alkanes of at least 4 members (excludes halogenated alkanes) is 2. The van der Waals surface area contributed by atoms with Crippen LogP contribution in [-0.2, 0) is 19.1 Å². The Labute approximate surface area is 207 Å². The molecule has 9 nitrogen and oxygen atoms in total. The summed E-state index contributed by atoms with van der Waals surface area (Å²) in [5.41, 5.74) is -0.0192. The fraction of sp³-hybridized carbons (Fsp3) is 0.296. The smallest absolute Gasteiger partial charge is 0.340 e. The molecule has 0 amide bonds.